The number of para-hydroxylation sites is 1. The number of carbonyl (C=O) groups excluding carboxylic acids is 3. The second kappa shape index (κ2) is 12.5. The molecule has 3 amide bonds. The maximum Gasteiger partial charge on any atom is 0.326 e. The van der Waals surface area contributed by atoms with E-state index in [0.29, 0.717) is 12.8 Å². The summed E-state index contributed by atoms with van der Waals surface area (Å²) in [7, 11) is 0. The molecular weight excluding hydrogens is 494 g/mol. The van der Waals surface area contributed by atoms with Crippen LogP contribution < -0.4 is 16.4 Å². The van der Waals surface area contributed by atoms with Crippen LogP contribution in [0.25, 0.3) is 10.9 Å². The first-order chi connectivity index (χ1) is 18.0. The summed E-state index contributed by atoms with van der Waals surface area (Å²) in [6, 6.07) is 3.22. The van der Waals surface area contributed by atoms with Crippen LogP contribution in [0.15, 0.2) is 30.5 Å². The number of aromatic amines is 1. The van der Waals surface area contributed by atoms with Crippen molar-refractivity contribution in [2.24, 2.45) is 11.7 Å². The van der Waals surface area contributed by atoms with Crippen LogP contribution in [0.5, 0.6) is 0 Å². The molecule has 2 heterocycles. The number of aliphatic carboxylic acids is 2. The van der Waals surface area contributed by atoms with Crippen LogP contribution in [0.1, 0.15) is 45.1 Å². The highest BCUT2D eigenvalue weighted by molar-refractivity contribution is 5.95. The van der Waals surface area contributed by atoms with Gasteiger partial charge in [0.1, 0.15) is 18.1 Å². The van der Waals surface area contributed by atoms with Crippen molar-refractivity contribution >= 4 is 40.6 Å². The summed E-state index contributed by atoms with van der Waals surface area (Å²) in [4.78, 5) is 66.5. The van der Waals surface area contributed by atoms with Crippen LogP contribution in [0.4, 0.5) is 0 Å². The highest BCUT2D eigenvalue weighted by Crippen LogP contribution is 2.22. The molecule has 206 valence electrons. The monoisotopic (exact) mass is 529 g/mol. The molecule has 1 aliphatic heterocycles. The fourth-order valence-electron chi connectivity index (χ4n) is 4.65. The van der Waals surface area contributed by atoms with Crippen LogP contribution in [-0.4, -0.2) is 80.5 Å². The van der Waals surface area contributed by atoms with Crippen molar-refractivity contribution < 1.29 is 34.2 Å². The Hall–Kier alpha value is -3.93. The van der Waals surface area contributed by atoms with E-state index in [9.17, 15) is 29.1 Å². The molecule has 1 fully saturated rings. The number of nitrogens with two attached hydrogens (primary N) is 1. The van der Waals surface area contributed by atoms with E-state index in [1.54, 1.807) is 20.0 Å². The summed E-state index contributed by atoms with van der Waals surface area (Å²) in [6.07, 6.45) is 2.28. The third kappa shape index (κ3) is 6.88. The Morgan fingerprint density at radius 1 is 1.11 bits per heavy atom. The highest BCUT2D eigenvalue weighted by atomic mass is 16.4. The van der Waals surface area contributed by atoms with Gasteiger partial charge in [0.2, 0.25) is 17.7 Å². The van der Waals surface area contributed by atoms with Crippen molar-refractivity contribution in [3.05, 3.63) is 36.0 Å². The first-order valence-electron chi connectivity index (χ1n) is 12.7. The van der Waals surface area contributed by atoms with Gasteiger partial charge >= 0.3 is 11.9 Å². The molecule has 2 aromatic rings. The average Bonchev–Trinajstić information content (AvgIpc) is 3.52. The Kier molecular flexibility index (Phi) is 9.45. The Morgan fingerprint density at radius 2 is 1.82 bits per heavy atom. The van der Waals surface area contributed by atoms with Crippen LogP contribution in [-0.2, 0) is 30.4 Å². The number of benzene rings is 1. The molecule has 38 heavy (non-hydrogen) atoms. The fourth-order valence-corrected chi connectivity index (χ4v) is 4.65. The fraction of sp³-hybridized carbons (Fsp3) is 0.500. The average molecular weight is 530 g/mol. The summed E-state index contributed by atoms with van der Waals surface area (Å²) in [6.45, 7) is 3.76. The second-order valence-electron chi connectivity index (χ2n) is 9.92. The van der Waals surface area contributed by atoms with E-state index in [1.807, 2.05) is 24.3 Å². The molecule has 4 unspecified atom stereocenters. The Balaban J connectivity index is 1.83. The van der Waals surface area contributed by atoms with E-state index in [-0.39, 0.29) is 31.7 Å². The van der Waals surface area contributed by atoms with Crippen molar-refractivity contribution in [3.63, 3.8) is 0 Å². The van der Waals surface area contributed by atoms with E-state index < -0.39 is 53.8 Å². The lowest BCUT2D eigenvalue weighted by Gasteiger charge is -2.30. The molecule has 1 aromatic heterocycles. The number of aromatic nitrogens is 1. The van der Waals surface area contributed by atoms with Crippen LogP contribution in [0.2, 0.25) is 0 Å². The van der Waals surface area contributed by atoms with Crippen molar-refractivity contribution in [1.29, 1.82) is 0 Å². The van der Waals surface area contributed by atoms with Gasteiger partial charge in [-0.2, -0.15) is 0 Å². The lowest BCUT2D eigenvalue weighted by Crippen LogP contribution is -2.59. The number of H-pyrrole nitrogens is 1. The van der Waals surface area contributed by atoms with Gasteiger partial charge in [-0.05, 0) is 36.8 Å². The van der Waals surface area contributed by atoms with Gasteiger partial charge in [0, 0.05) is 36.5 Å². The lowest BCUT2D eigenvalue weighted by molar-refractivity contribution is -0.150. The van der Waals surface area contributed by atoms with E-state index in [1.165, 1.54) is 4.90 Å². The quantitative estimate of drug-likeness (QED) is 0.230. The number of amides is 3. The van der Waals surface area contributed by atoms with Gasteiger partial charge in [-0.3, -0.25) is 19.2 Å². The summed E-state index contributed by atoms with van der Waals surface area (Å²) < 4.78 is 0. The lowest BCUT2D eigenvalue weighted by atomic mass is 9.99. The second-order valence-corrected chi connectivity index (χ2v) is 9.92. The number of carboxylic acids is 2. The molecule has 0 radical (unpaired) electrons. The van der Waals surface area contributed by atoms with Crippen molar-refractivity contribution in [2.75, 3.05) is 6.54 Å². The summed E-state index contributed by atoms with van der Waals surface area (Å²) in [5.41, 5.74) is 7.46. The van der Waals surface area contributed by atoms with Crippen molar-refractivity contribution in [1.82, 2.24) is 20.5 Å². The number of nitrogens with zero attached hydrogens (tertiary/aromatic N) is 1. The molecule has 1 aliphatic rings. The number of carboxylic acid groups (broad SMARTS) is 2. The number of nitrogens with one attached hydrogen (secondary N) is 3. The zero-order valence-electron chi connectivity index (χ0n) is 21.5. The van der Waals surface area contributed by atoms with Gasteiger partial charge in [-0.25, -0.2) is 4.79 Å². The Labute approximate surface area is 219 Å². The molecule has 1 saturated heterocycles. The first-order valence-corrected chi connectivity index (χ1v) is 12.7. The summed E-state index contributed by atoms with van der Waals surface area (Å²) in [5, 5.41) is 24.6. The molecule has 7 N–H and O–H groups in total. The van der Waals surface area contributed by atoms with E-state index >= 15 is 0 Å². The van der Waals surface area contributed by atoms with Crippen LogP contribution in [0, 0.1) is 5.92 Å². The minimum absolute atomic E-state index is 0.0771. The third-order valence-electron chi connectivity index (χ3n) is 6.79. The van der Waals surface area contributed by atoms with Gasteiger partial charge in [0.05, 0.1) is 6.04 Å². The zero-order chi connectivity index (χ0) is 28.0. The number of hydrogen-bond donors (Lipinski definition) is 6. The molecule has 1 aromatic carbocycles. The van der Waals surface area contributed by atoms with Gasteiger partial charge in [0.25, 0.3) is 0 Å². The molecule has 0 spiro atoms. The van der Waals surface area contributed by atoms with Gasteiger partial charge in [0.15, 0.2) is 0 Å². The summed E-state index contributed by atoms with van der Waals surface area (Å²) in [5.74, 6) is -4.36. The van der Waals surface area contributed by atoms with Gasteiger partial charge < -0.3 is 36.5 Å². The first kappa shape index (κ1) is 28.6. The van der Waals surface area contributed by atoms with Crippen LogP contribution in [0.3, 0.4) is 0 Å². The maximum atomic E-state index is 13.5. The molecule has 0 aliphatic carbocycles. The Bertz CT molecular complexity index is 1190. The molecular formula is C26H35N5O7. The summed E-state index contributed by atoms with van der Waals surface area (Å²) >= 11 is 0. The molecule has 0 bridgehead atoms. The number of carbonyl (C=O) groups is 5. The van der Waals surface area contributed by atoms with E-state index in [4.69, 9.17) is 10.8 Å². The number of rotatable bonds is 12. The zero-order valence-corrected chi connectivity index (χ0v) is 21.5. The predicted octanol–water partition coefficient (Wildman–Crippen LogP) is 0.604. The number of likely N-dealkylation sites (tertiary alicyclic amines) is 1. The van der Waals surface area contributed by atoms with Gasteiger partial charge in [-0.1, -0.05) is 32.0 Å². The molecule has 12 heteroatoms. The van der Waals surface area contributed by atoms with Crippen molar-refractivity contribution in [2.45, 2.75) is 70.1 Å². The number of fused-ring (bicyclic) bond motifs is 1. The SMILES string of the molecule is CC(C)C(NC(=O)C(Cc1c[nH]c2ccccc12)NC(=O)C(N)CCC(=O)O)C(=O)N1CCCC1C(=O)O. The number of hydrogen-bond acceptors (Lipinski definition) is 6. The minimum atomic E-state index is -1.15. The maximum absolute atomic E-state index is 13.5. The van der Waals surface area contributed by atoms with Crippen molar-refractivity contribution in [3.8, 4) is 0 Å². The minimum Gasteiger partial charge on any atom is -0.481 e. The molecule has 3 rings (SSSR count). The standard InChI is InChI=1S/C26H35N5O7/c1-14(2)22(25(36)31-11-5-8-20(31)26(37)38)30-24(35)19(29-23(34)17(27)9-10-21(32)33)12-15-13-28-18-7-4-3-6-16(15)18/h3-4,6-7,13-14,17,19-20,22,28H,5,8-12,27H2,1-2H3,(H,29,34)(H,30,35)(H,32,33)(H,37,38). The third-order valence-corrected chi connectivity index (χ3v) is 6.79. The normalized spacial score (nSPS) is 17.7. The van der Waals surface area contributed by atoms with Gasteiger partial charge in [-0.15, -0.1) is 0 Å². The van der Waals surface area contributed by atoms with E-state index in [2.05, 4.69) is 15.6 Å². The molecule has 4 atom stereocenters. The molecule has 12 nitrogen and oxygen atoms in total. The highest BCUT2D eigenvalue weighted by Gasteiger charge is 2.39. The molecule has 0 saturated carbocycles. The van der Waals surface area contributed by atoms with Crippen LogP contribution >= 0.6 is 0 Å². The van der Waals surface area contributed by atoms with E-state index in [0.717, 1.165) is 16.5 Å². The largest absolute Gasteiger partial charge is 0.481 e. The topological polar surface area (TPSA) is 195 Å². The Morgan fingerprint density at radius 3 is 2.47 bits per heavy atom. The smallest absolute Gasteiger partial charge is 0.326 e. The predicted molar refractivity (Wildman–Crippen MR) is 138 cm³/mol.